The summed E-state index contributed by atoms with van der Waals surface area (Å²) in [5.74, 6) is 5.64. The molecule has 1 heterocycles. The second kappa shape index (κ2) is 10.8. The van der Waals surface area contributed by atoms with E-state index in [0.717, 1.165) is 13.0 Å². The minimum absolute atomic E-state index is 0.483. The Morgan fingerprint density at radius 3 is 2.67 bits per heavy atom. The maximum Gasteiger partial charge on any atom is 0.0575 e. The highest BCUT2D eigenvalue weighted by Gasteiger charge is 2.15. The maximum atomic E-state index is 5.76. The summed E-state index contributed by atoms with van der Waals surface area (Å²) in [5.41, 5.74) is 2.98. The molecule has 0 amide bonds. The first-order valence-corrected chi connectivity index (χ1v) is 7.94. The molecule has 0 aromatic carbocycles. The van der Waals surface area contributed by atoms with E-state index in [-0.39, 0.29) is 0 Å². The van der Waals surface area contributed by atoms with Gasteiger partial charge in [0.25, 0.3) is 0 Å². The third-order valence-electron chi connectivity index (χ3n) is 4.00. The lowest BCUT2D eigenvalue weighted by Gasteiger charge is -2.24. The zero-order valence-electron chi connectivity index (χ0n) is 12.1. The van der Waals surface area contributed by atoms with Crippen molar-refractivity contribution < 1.29 is 4.74 Å². The molecule has 0 aliphatic carbocycles. The summed E-state index contributed by atoms with van der Waals surface area (Å²) in [4.78, 5) is 0. The summed E-state index contributed by atoms with van der Waals surface area (Å²) in [6.07, 6.45) is 14.6. The number of ether oxygens (including phenoxy) is 1. The van der Waals surface area contributed by atoms with Crippen LogP contribution in [0.4, 0.5) is 0 Å². The number of rotatable bonds is 10. The van der Waals surface area contributed by atoms with Crippen LogP contribution < -0.4 is 11.3 Å². The Labute approximate surface area is 113 Å². The molecule has 18 heavy (non-hydrogen) atoms. The van der Waals surface area contributed by atoms with Gasteiger partial charge < -0.3 is 4.74 Å². The number of hydrogen-bond donors (Lipinski definition) is 2. The van der Waals surface area contributed by atoms with Gasteiger partial charge in [0.05, 0.1) is 6.10 Å². The number of nitrogens with one attached hydrogen (secondary N) is 1. The summed E-state index contributed by atoms with van der Waals surface area (Å²) >= 11 is 0. The third-order valence-corrected chi connectivity index (χ3v) is 4.00. The van der Waals surface area contributed by atoms with E-state index in [2.05, 4.69) is 12.3 Å². The van der Waals surface area contributed by atoms with Gasteiger partial charge in [0.1, 0.15) is 0 Å². The molecule has 0 radical (unpaired) electrons. The fourth-order valence-corrected chi connectivity index (χ4v) is 2.73. The number of nitrogens with two attached hydrogens (primary N) is 1. The molecule has 0 spiro atoms. The van der Waals surface area contributed by atoms with Crippen LogP contribution in [0.2, 0.25) is 0 Å². The highest BCUT2D eigenvalue weighted by Crippen LogP contribution is 2.19. The molecule has 0 bridgehead atoms. The van der Waals surface area contributed by atoms with Gasteiger partial charge >= 0.3 is 0 Å². The van der Waals surface area contributed by atoms with Gasteiger partial charge in [-0.15, -0.1) is 0 Å². The van der Waals surface area contributed by atoms with Crippen LogP contribution >= 0.6 is 0 Å². The Hall–Kier alpha value is -0.120. The summed E-state index contributed by atoms with van der Waals surface area (Å²) in [6, 6.07) is 0.483. The van der Waals surface area contributed by atoms with Gasteiger partial charge in [-0.25, -0.2) is 0 Å². The Bertz CT molecular complexity index is 181. The largest absolute Gasteiger partial charge is 0.378 e. The van der Waals surface area contributed by atoms with E-state index in [4.69, 9.17) is 10.6 Å². The van der Waals surface area contributed by atoms with Crippen molar-refractivity contribution in [2.45, 2.75) is 89.7 Å². The molecule has 3 heteroatoms. The second-order valence-electron chi connectivity index (χ2n) is 5.63. The molecular formula is C15H32N2O. The van der Waals surface area contributed by atoms with E-state index in [0.29, 0.717) is 12.1 Å². The van der Waals surface area contributed by atoms with Crippen molar-refractivity contribution in [1.82, 2.24) is 5.43 Å². The zero-order valence-corrected chi connectivity index (χ0v) is 12.1. The fraction of sp³-hybridized carbons (Fsp3) is 1.00. The lowest BCUT2D eigenvalue weighted by Crippen LogP contribution is -2.36. The predicted octanol–water partition coefficient (Wildman–Crippen LogP) is 3.53. The lowest BCUT2D eigenvalue weighted by molar-refractivity contribution is 0.00840. The first kappa shape index (κ1) is 15.9. The van der Waals surface area contributed by atoms with Gasteiger partial charge in [-0.05, 0) is 38.5 Å². The molecule has 0 saturated carbocycles. The van der Waals surface area contributed by atoms with Crippen LogP contribution in [0.5, 0.6) is 0 Å². The quantitative estimate of drug-likeness (QED) is 0.357. The SMILES string of the molecule is CCCCCCCC(CCC1CCCCO1)NN. The molecule has 0 aromatic rings. The van der Waals surface area contributed by atoms with Gasteiger partial charge in [-0.1, -0.05) is 39.0 Å². The van der Waals surface area contributed by atoms with Crippen molar-refractivity contribution in [3.63, 3.8) is 0 Å². The van der Waals surface area contributed by atoms with E-state index in [9.17, 15) is 0 Å². The average molecular weight is 256 g/mol. The van der Waals surface area contributed by atoms with Crippen LogP contribution in [0.15, 0.2) is 0 Å². The van der Waals surface area contributed by atoms with Crippen LogP contribution in [0.1, 0.15) is 77.6 Å². The zero-order chi connectivity index (χ0) is 13.1. The molecule has 1 aliphatic heterocycles. The highest BCUT2D eigenvalue weighted by atomic mass is 16.5. The van der Waals surface area contributed by atoms with Gasteiger partial charge in [-0.2, -0.15) is 0 Å². The number of hydrazine groups is 1. The Balaban J connectivity index is 2.01. The van der Waals surface area contributed by atoms with Gasteiger partial charge in [-0.3, -0.25) is 11.3 Å². The second-order valence-corrected chi connectivity index (χ2v) is 5.63. The summed E-state index contributed by atoms with van der Waals surface area (Å²) < 4.78 is 5.76. The van der Waals surface area contributed by atoms with E-state index >= 15 is 0 Å². The van der Waals surface area contributed by atoms with Gasteiger partial charge in [0, 0.05) is 12.6 Å². The lowest BCUT2D eigenvalue weighted by atomic mass is 9.98. The van der Waals surface area contributed by atoms with Crippen LogP contribution in [0.3, 0.4) is 0 Å². The molecule has 1 aliphatic rings. The molecule has 3 N–H and O–H groups in total. The van der Waals surface area contributed by atoms with Crippen LogP contribution in [0, 0.1) is 0 Å². The minimum Gasteiger partial charge on any atom is -0.378 e. The highest BCUT2D eigenvalue weighted by molar-refractivity contribution is 4.70. The van der Waals surface area contributed by atoms with E-state index in [1.54, 1.807) is 0 Å². The minimum atomic E-state index is 0.483. The first-order valence-electron chi connectivity index (χ1n) is 7.94. The van der Waals surface area contributed by atoms with Gasteiger partial charge in [0.2, 0.25) is 0 Å². The summed E-state index contributed by atoms with van der Waals surface area (Å²) in [6.45, 7) is 3.22. The van der Waals surface area contributed by atoms with Crippen molar-refractivity contribution in [3.05, 3.63) is 0 Å². The van der Waals surface area contributed by atoms with E-state index in [1.807, 2.05) is 0 Å². The Morgan fingerprint density at radius 2 is 2.00 bits per heavy atom. The normalized spacial score (nSPS) is 22.0. The molecule has 3 nitrogen and oxygen atoms in total. The summed E-state index contributed by atoms with van der Waals surface area (Å²) in [7, 11) is 0. The molecule has 0 aromatic heterocycles. The average Bonchev–Trinajstić information content (AvgIpc) is 2.43. The molecule has 1 fully saturated rings. The number of hydrogen-bond acceptors (Lipinski definition) is 3. The number of unbranched alkanes of at least 4 members (excludes halogenated alkanes) is 4. The molecular weight excluding hydrogens is 224 g/mol. The third kappa shape index (κ3) is 7.34. The molecule has 1 rings (SSSR count). The predicted molar refractivity (Wildman–Crippen MR) is 77.3 cm³/mol. The summed E-state index contributed by atoms with van der Waals surface area (Å²) in [5, 5.41) is 0. The first-order chi connectivity index (χ1) is 8.86. The molecule has 108 valence electrons. The van der Waals surface area contributed by atoms with Crippen molar-refractivity contribution in [2.75, 3.05) is 6.61 Å². The van der Waals surface area contributed by atoms with Crippen molar-refractivity contribution >= 4 is 0 Å². The van der Waals surface area contributed by atoms with E-state index in [1.165, 1.54) is 64.2 Å². The fourth-order valence-electron chi connectivity index (χ4n) is 2.73. The maximum absolute atomic E-state index is 5.76. The molecule has 1 saturated heterocycles. The van der Waals surface area contributed by atoms with E-state index < -0.39 is 0 Å². The topological polar surface area (TPSA) is 47.3 Å². The standard InChI is InChI=1S/C15H32N2O/c1-2-3-4-5-6-9-14(17-16)11-12-15-10-7-8-13-18-15/h14-15,17H,2-13,16H2,1H3. The monoisotopic (exact) mass is 256 g/mol. The Kier molecular flexibility index (Phi) is 9.54. The van der Waals surface area contributed by atoms with Crippen LogP contribution in [-0.2, 0) is 4.74 Å². The molecule has 2 atom stereocenters. The van der Waals surface area contributed by atoms with Crippen LogP contribution in [0.25, 0.3) is 0 Å². The van der Waals surface area contributed by atoms with Crippen molar-refractivity contribution in [2.24, 2.45) is 5.84 Å². The smallest absolute Gasteiger partial charge is 0.0575 e. The van der Waals surface area contributed by atoms with Crippen LogP contribution in [-0.4, -0.2) is 18.8 Å². The van der Waals surface area contributed by atoms with Crippen molar-refractivity contribution in [3.8, 4) is 0 Å². The Morgan fingerprint density at radius 1 is 1.17 bits per heavy atom. The molecule has 2 unspecified atom stereocenters. The van der Waals surface area contributed by atoms with Gasteiger partial charge in [0.15, 0.2) is 0 Å². The van der Waals surface area contributed by atoms with Crippen molar-refractivity contribution in [1.29, 1.82) is 0 Å².